The predicted molar refractivity (Wildman–Crippen MR) is 188 cm³/mol. The minimum absolute atomic E-state index is 0.0390. The van der Waals surface area contributed by atoms with Crippen molar-refractivity contribution in [1.82, 2.24) is 9.64 Å². The van der Waals surface area contributed by atoms with Gasteiger partial charge in [-0.05, 0) is 94.6 Å². The van der Waals surface area contributed by atoms with E-state index >= 15 is 0 Å². The zero-order chi connectivity index (χ0) is 35.3. The quantitative estimate of drug-likeness (QED) is 0.194. The number of amides is 2. The van der Waals surface area contributed by atoms with Crippen molar-refractivity contribution < 1.29 is 29.1 Å². The van der Waals surface area contributed by atoms with Crippen LogP contribution >= 0.6 is 0 Å². The van der Waals surface area contributed by atoms with Crippen LogP contribution in [0.4, 0.5) is 5.69 Å². The summed E-state index contributed by atoms with van der Waals surface area (Å²) in [6.45, 7) is 9.76. The van der Waals surface area contributed by atoms with E-state index < -0.39 is 23.8 Å². The van der Waals surface area contributed by atoms with Gasteiger partial charge in [0.2, 0.25) is 5.36 Å². The Hall–Kier alpha value is -4.79. The number of carbonyl (C=O) groups excluding carboxylic acids is 4. The van der Waals surface area contributed by atoms with Crippen LogP contribution in [0.3, 0.4) is 0 Å². The summed E-state index contributed by atoms with van der Waals surface area (Å²) in [6.07, 6.45) is 8.66. The number of fused-ring (bicyclic) bond motifs is 4. The smallest absolute Gasteiger partial charge is 0.363 e. The molecule has 0 spiro atoms. The molecular formula is C41H45N3O6. The van der Waals surface area contributed by atoms with Gasteiger partial charge in [0.05, 0.1) is 11.5 Å². The SMILES string of the molecule is CCCCCCN1CCCc2cc3c(cc21)C(C)(C)c1cc2c(cc1=C3c1ccc(C(=O)ON3C(=O)CCC3=O)cc1C(=O)[O-])CCC[N+]=2C. The molecule has 2 amide bonds. The first-order chi connectivity index (χ1) is 24.0. The fraction of sp³-hybridized carbons (Fsp3) is 0.439. The Kier molecular flexibility index (Phi) is 8.87. The van der Waals surface area contributed by atoms with Crippen molar-refractivity contribution in [3.63, 3.8) is 0 Å². The van der Waals surface area contributed by atoms with Gasteiger partial charge in [0.1, 0.15) is 13.6 Å². The number of anilines is 1. The second kappa shape index (κ2) is 13.2. The van der Waals surface area contributed by atoms with Gasteiger partial charge in [0.25, 0.3) is 11.8 Å². The van der Waals surface area contributed by atoms with E-state index in [4.69, 9.17) is 4.84 Å². The second-order valence-corrected chi connectivity index (χ2v) is 14.7. The number of nitrogens with zero attached hydrogens (tertiary/aromatic N) is 3. The van der Waals surface area contributed by atoms with Crippen molar-refractivity contribution >= 4 is 35.0 Å². The van der Waals surface area contributed by atoms with Crippen molar-refractivity contribution in [3.05, 3.63) is 97.5 Å². The maximum absolute atomic E-state index is 13.1. The highest BCUT2D eigenvalue weighted by Gasteiger charge is 2.38. The number of benzene rings is 3. The van der Waals surface area contributed by atoms with E-state index in [9.17, 15) is 24.3 Å². The molecule has 9 heteroatoms. The molecule has 9 nitrogen and oxygen atoms in total. The Labute approximate surface area is 292 Å². The van der Waals surface area contributed by atoms with Crippen LogP contribution < -0.4 is 25.2 Å². The Bertz CT molecular complexity index is 2060. The molecule has 1 fully saturated rings. The third-order valence-electron chi connectivity index (χ3n) is 11.1. The van der Waals surface area contributed by atoms with Crippen molar-refractivity contribution in [2.24, 2.45) is 0 Å². The highest BCUT2D eigenvalue weighted by Crippen LogP contribution is 2.44. The Morgan fingerprint density at radius 2 is 1.64 bits per heavy atom. The standard InChI is InChI=1S/C41H45N3O6/c1-5-6-7-8-18-43-19-10-12-26-21-31-33(24-35(26)43)41(2,3)32-23-34-25(11-9-17-42(34)4)20-30(32)38(31)28-14-13-27(22-29(28)39(47)48)40(49)50-44-36(45)15-16-37(44)46/h13-14,20-24H,5-12,15-19H2,1-4H3. The molecule has 0 bridgehead atoms. The average molecular weight is 676 g/mol. The van der Waals surface area contributed by atoms with Gasteiger partial charge in [0, 0.05) is 60.6 Å². The summed E-state index contributed by atoms with van der Waals surface area (Å²) in [7, 11) is 2.13. The molecule has 0 radical (unpaired) electrons. The average Bonchev–Trinajstić information content (AvgIpc) is 3.41. The molecule has 3 aromatic carbocycles. The van der Waals surface area contributed by atoms with Crippen LogP contribution in [-0.4, -0.2) is 55.5 Å². The number of carbonyl (C=O) groups is 4. The largest absolute Gasteiger partial charge is 0.545 e. The monoisotopic (exact) mass is 675 g/mol. The molecule has 3 aromatic rings. The lowest BCUT2D eigenvalue weighted by molar-refractivity contribution is -0.255. The van der Waals surface area contributed by atoms with E-state index in [1.807, 2.05) is 0 Å². The van der Waals surface area contributed by atoms with Gasteiger partial charge in [-0.15, -0.1) is 5.06 Å². The summed E-state index contributed by atoms with van der Waals surface area (Å²) >= 11 is 0. The van der Waals surface area contributed by atoms with Crippen LogP contribution in [0.1, 0.15) is 126 Å². The molecule has 0 N–H and O–H groups in total. The first-order valence-corrected chi connectivity index (χ1v) is 18.1. The molecule has 1 saturated heterocycles. The first-order valence-electron chi connectivity index (χ1n) is 18.1. The molecule has 1 aliphatic carbocycles. The lowest BCUT2D eigenvalue weighted by atomic mass is 9.67. The van der Waals surface area contributed by atoms with Gasteiger partial charge < -0.3 is 19.6 Å². The predicted octanol–water partition coefficient (Wildman–Crippen LogP) is 3.56. The fourth-order valence-corrected chi connectivity index (χ4v) is 8.37. The van der Waals surface area contributed by atoms with Gasteiger partial charge in [-0.3, -0.25) is 9.59 Å². The molecular weight excluding hydrogens is 630 g/mol. The van der Waals surface area contributed by atoms with Crippen LogP contribution in [0, 0.1) is 0 Å². The number of rotatable bonds is 9. The maximum Gasteiger partial charge on any atom is 0.363 e. The zero-order valence-electron chi connectivity index (χ0n) is 29.5. The number of imide groups is 1. The lowest BCUT2D eigenvalue weighted by Gasteiger charge is -2.39. The van der Waals surface area contributed by atoms with E-state index in [1.54, 1.807) is 6.07 Å². The molecule has 7 rings (SSSR count). The van der Waals surface area contributed by atoms with E-state index in [-0.39, 0.29) is 29.4 Å². The van der Waals surface area contributed by atoms with E-state index in [0.717, 1.165) is 79.2 Å². The summed E-state index contributed by atoms with van der Waals surface area (Å²) in [5.74, 6) is -3.63. The Morgan fingerprint density at radius 3 is 2.38 bits per heavy atom. The molecule has 3 heterocycles. The third kappa shape index (κ3) is 5.80. The minimum Gasteiger partial charge on any atom is -0.545 e. The number of hydrogen-bond acceptors (Lipinski definition) is 7. The van der Waals surface area contributed by atoms with Gasteiger partial charge in [-0.25, -0.2) is 9.37 Å². The second-order valence-electron chi connectivity index (χ2n) is 14.7. The van der Waals surface area contributed by atoms with Crippen LogP contribution in [0.15, 0.2) is 42.5 Å². The van der Waals surface area contributed by atoms with E-state index in [2.05, 4.69) is 61.6 Å². The molecule has 0 aromatic heterocycles. The number of hydroxylamine groups is 2. The number of aromatic carboxylic acids is 1. The van der Waals surface area contributed by atoms with Crippen molar-refractivity contribution in [3.8, 4) is 0 Å². The number of aryl methyl sites for hydroxylation is 2. The van der Waals surface area contributed by atoms with Crippen LogP contribution in [0.25, 0.3) is 5.57 Å². The molecule has 50 heavy (non-hydrogen) atoms. The van der Waals surface area contributed by atoms with Gasteiger partial charge in [-0.2, -0.15) is 0 Å². The van der Waals surface area contributed by atoms with Gasteiger partial charge in [-0.1, -0.05) is 46.1 Å². The Morgan fingerprint density at radius 1 is 0.880 bits per heavy atom. The molecule has 0 atom stereocenters. The van der Waals surface area contributed by atoms with Crippen molar-refractivity contribution in [1.29, 1.82) is 0 Å². The van der Waals surface area contributed by atoms with Crippen LogP contribution in [-0.2, 0) is 32.7 Å². The third-order valence-corrected chi connectivity index (χ3v) is 11.1. The molecule has 260 valence electrons. The summed E-state index contributed by atoms with van der Waals surface area (Å²) in [5.41, 5.74) is 7.61. The lowest BCUT2D eigenvalue weighted by Crippen LogP contribution is -2.42. The van der Waals surface area contributed by atoms with E-state index in [0.29, 0.717) is 10.6 Å². The summed E-state index contributed by atoms with van der Waals surface area (Å²) in [4.78, 5) is 57.9. The van der Waals surface area contributed by atoms with Gasteiger partial charge in [0.15, 0.2) is 0 Å². The first kappa shape index (κ1) is 33.7. The maximum atomic E-state index is 13.1. The van der Waals surface area contributed by atoms with Crippen LogP contribution in [0.2, 0.25) is 0 Å². The normalized spacial score (nSPS) is 17.7. The van der Waals surface area contributed by atoms with E-state index in [1.165, 1.54) is 53.6 Å². The van der Waals surface area contributed by atoms with Crippen molar-refractivity contribution in [2.45, 2.75) is 90.4 Å². The fourth-order valence-electron chi connectivity index (χ4n) is 8.37. The minimum atomic E-state index is -1.43. The van der Waals surface area contributed by atoms with Crippen LogP contribution in [0.5, 0.6) is 0 Å². The molecule has 4 aliphatic rings. The number of carboxylic acid groups (broad SMARTS) is 1. The topological polar surface area (TPSA) is 110 Å². The molecule has 3 aliphatic heterocycles. The molecule has 0 saturated carbocycles. The number of carboxylic acids is 1. The van der Waals surface area contributed by atoms with Gasteiger partial charge >= 0.3 is 5.97 Å². The highest BCUT2D eigenvalue weighted by atomic mass is 16.7. The zero-order valence-corrected chi connectivity index (χ0v) is 29.5. The summed E-state index contributed by atoms with van der Waals surface area (Å²) in [6, 6.07) is 13.6. The number of hydrogen-bond donors (Lipinski definition) is 0. The summed E-state index contributed by atoms with van der Waals surface area (Å²) < 4.78 is 2.30. The Balaban J connectivity index is 1.43. The number of unbranched alkanes of at least 4 members (excludes halogenated alkanes) is 3. The van der Waals surface area contributed by atoms with Crippen molar-refractivity contribution in [2.75, 3.05) is 31.6 Å². The summed E-state index contributed by atoms with van der Waals surface area (Å²) in [5, 5.41) is 15.6. The molecule has 0 unspecified atom stereocenters. The highest BCUT2D eigenvalue weighted by molar-refractivity contribution is 6.04.